The van der Waals surface area contributed by atoms with Crippen molar-refractivity contribution in [3.05, 3.63) is 137 Å². The molecule has 5 nitrogen and oxygen atoms in total. The fourth-order valence-electron chi connectivity index (χ4n) is 5.69. The Kier molecular flexibility index (Phi) is 6.86. The first kappa shape index (κ1) is 25.8. The Morgan fingerprint density at radius 2 is 1.50 bits per heavy atom. The average Bonchev–Trinajstić information content (AvgIpc) is 3.46. The number of thiocarbonyl (C=S) groups is 1. The van der Waals surface area contributed by atoms with Gasteiger partial charge in [0.05, 0.1) is 17.8 Å². The van der Waals surface area contributed by atoms with Gasteiger partial charge in [0, 0.05) is 29.0 Å². The van der Waals surface area contributed by atoms with Crippen molar-refractivity contribution >= 4 is 23.0 Å². The molecule has 1 saturated heterocycles. The van der Waals surface area contributed by atoms with Gasteiger partial charge >= 0.3 is 0 Å². The number of anilines is 1. The zero-order valence-corrected chi connectivity index (χ0v) is 23.9. The highest BCUT2D eigenvalue weighted by molar-refractivity contribution is 7.80. The first-order valence-electron chi connectivity index (χ1n) is 13.5. The fourth-order valence-corrected chi connectivity index (χ4v) is 6.04. The van der Waals surface area contributed by atoms with E-state index in [0.717, 1.165) is 28.4 Å². The number of para-hydroxylation sites is 2. The summed E-state index contributed by atoms with van der Waals surface area (Å²) in [6.07, 6.45) is 1.84. The number of rotatable bonds is 6. The third kappa shape index (κ3) is 4.65. The summed E-state index contributed by atoms with van der Waals surface area (Å²) in [6.45, 7) is 8.57. The Balaban J connectivity index is 1.42. The van der Waals surface area contributed by atoms with Crippen LogP contribution in [0.15, 0.2) is 103 Å². The second-order valence-corrected chi connectivity index (χ2v) is 10.7. The third-order valence-electron chi connectivity index (χ3n) is 7.68. The van der Waals surface area contributed by atoms with E-state index in [-0.39, 0.29) is 12.1 Å². The Morgan fingerprint density at radius 3 is 2.20 bits per heavy atom. The van der Waals surface area contributed by atoms with Crippen LogP contribution in [0.2, 0.25) is 0 Å². The number of ether oxygens (including phenoxy) is 1. The van der Waals surface area contributed by atoms with Gasteiger partial charge in [-0.05, 0) is 111 Å². The minimum Gasteiger partial charge on any atom is -0.457 e. The fraction of sp³-hybridized carbons (Fsp3) is 0.176. The number of pyridine rings is 1. The summed E-state index contributed by atoms with van der Waals surface area (Å²) in [6, 6.07) is 32.9. The van der Waals surface area contributed by atoms with Crippen LogP contribution in [0.5, 0.6) is 11.5 Å². The molecule has 0 aliphatic carbocycles. The predicted molar refractivity (Wildman–Crippen MR) is 166 cm³/mol. The van der Waals surface area contributed by atoms with Gasteiger partial charge in [0.2, 0.25) is 0 Å². The minimum absolute atomic E-state index is 0.0884. The molecule has 2 unspecified atom stereocenters. The van der Waals surface area contributed by atoms with Gasteiger partial charge in [0.25, 0.3) is 0 Å². The van der Waals surface area contributed by atoms with Gasteiger partial charge in [0.1, 0.15) is 11.5 Å². The molecule has 0 radical (unpaired) electrons. The van der Waals surface area contributed by atoms with E-state index < -0.39 is 0 Å². The maximum atomic E-state index is 6.17. The quantitative estimate of drug-likeness (QED) is 0.219. The molecule has 0 saturated carbocycles. The molecule has 1 N–H and O–H groups in total. The summed E-state index contributed by atoms with van der Waals surface area (Å²) < 4.78 is 8.52. The molecule has 1 fully saturated rings. The molecule has 0 amide bonds. The second kappa shape index (κ2) is 10.6. The summed E-state index contributed by atoms with van der Waals surface area (Å²) in [5.74, 6) is 1.64. The van der Waals surface area contributed by atoms with Crippen molar-refractivity contribution in [1.29, 1.82) is 0 Å². The highest BCUT2D eigenvalue weighted by Crippen LogP contribution is 2.44. The summed E-state index contributed by atoms with van der Waals surface area (Å²) in [4.78, 5) is 6.94. The molecule has 3 heterocycles. The van der Waals surface area contributed by atoms with E-state index >= 15 is 0 Å². The molecule has 0 bridgehead atoms. The molecule has 200 valence electrons. The molecule has 6 rings (SSSR count). The zero-order valence-electron chi connectivity index (χ0n) is 23.1. The van der Waals surface area contributed by atoms with Crippen LogP contribution in [0.4, 0.5) is 5.69 Å². The lowest BCUT2D eigenvalue weighted by Crippen LogP contribution is -2.29. The van der Waals surface area contributed by atoms with Crippen LogP contribution in [0.3, 0.4) is 0 Å². The van der Waals surface area contributed by atoms with Gasteiger partial charge < -0.3 is 19.5 Å². The van der Waals surface area contributed by atoms with Crippen LogP contribution >= 0.6 is 12.2 Å². The highest BCUT2D eigenvalue weighted by atomic mass is 32.1. The van der Waals surface area contributed by atoms with Gasteiger partial charge in [0.15, 0.2) is 5.11 Å². The van der Waals surface area contributed by atoms with Crippen molar-refractivity contribution in [2.75, 3.05) is 4.90 Å². The number of nitrogens with one attached hydrogen (secondary N) is 1. The SMILES string of the molecule is Cc1ccccc1Oc1ccc(N2C(=S)NC(c3ccccn3)C2c2cc(C)n(-c3ccccc3C)c2C)cc1. The van der Waals surface area contributed by atoms with Crippen molar-refractivity contribution in [3.63, 3.8) is 0 Å². The number of aromatic nitrogens is 2. The van der Waals surface area contributed by atoms with Gasteiger partial charge in [-0.1, -0.05) is 42.5 Å². The van der Waals surface area contributed by atoms with Gasteiger partial charge in [-0.3, -0.25) is 4.98 Å². The van der Waals surface area contributed by atoms with Gasteiger partial charge in [-0.25, -0.2) is 0 Å². The number of hydrogen-bond donors (Lipinski definition) is 1. The predicted octanol–water partition coefficient (Wildman–Crippen LogP) is 8.08. The first-order valence-corrected chi connectivity index (χ1v) is 13.9. The van der Waals surface area contributed by atoms with Gasteiger partial charge in [-0.2, -0.15) is 0 Å². The van der Waals surface area contributed by atoms with E-state index in [1.54, 1.807) is 0 Å². The largest absolute Gasteiger partial charge is 0.457 e. The molecular formula is C34H32N4OS. The summed E-state index contributed by atoms with van der Waals surface area (Å²) >= 11 is 5.98. The van der Waals surface area contributed by atoms with Crippen LogP contribution in [0, 0.1) is 27.7 Å². The van der Waals surface area contributed by atoms with E-state index in [1.807, 2.05) is 61.7 Å². The lowest BCUT2D eigenvalue weighted by Gasteiger charge is -2.28. The molecule has 2 aromatic heterocycles. The maximum Gasteiger partial charge on any atom is 0.174 e. The third-order valence-corrected chi connectivity index (χ3v) is 7.99. The second-order valence-electron chi connectivity index (χ2n) is 10.3. The smallest absolute Gasteiger partial charge is 0.174 e. The van der Waals surface area contributed by atoms with E-state index in [9.17, 15) is 0 Å². The Hall–Kier alpha value is -4.42. The molecule has 5 aromatic rings. The molecule has 3 aromatic carbocycles. The van der Waals surface area contributed by atoms with Crippen molar-refractivity contribution < 1.29 is 4.74 Å². The summed E-state index contributed by atoms with van der Waals surface area (Å²) in [5, 5.41) is 4.27. The Bertz CT molecular complexity index is 1680. The average molecular weight is 545 g/mol. The molecule has 1 aliphatic heterocycles. The topological polar surface area (TPSA) is 42.3 Å². The standard InChI is InChI=1S/C34H32N4OS/c1-22-11-5-7-14-30(22)37-24(3)21-28(25(37)4)33-32(29-13-9-10-20-35-29)36-34(40)38(33)26-16-18-27(19-17-26)39-31-15-8-6-12-23(31)2/h5-21,32-33H,1-4H3,(H,36,40). The van der Waals surface area contributed by atoms with Crippen LogP contribution in [-0.2, 0) is 0 Å². The zero-order chi connectivity index (χ0) is 27.8. The van der Waals surface area contributed by atoms with E-state index in [4.69, 9.17) is 21.9 Å². The van der Waals surface area contributed by atoms with Crippen molar-refractivity contribution in [2.45, 2.75) is 39.8 Å². The lowest BCUT2D eigenvalue weighted by atomic mass is 9.96. The van der Waals surface area contributed by atoms with E-state index in [0.29, 0.717) is 5.11 Å². The lowest BCUT2D eigenvalue weighted by molar-refractivity contribution is 0.479. The van der Waals surface area contributed by atoms with Crippen LogP contribution in [0.25, 0.3) is 5.69 Å². The number of nitrogens with zero attached hydrogens (tertiary/aromatic N) is 3. The summed E-state index contributed by atoms with van der Waals surface area (Å²) in [5.41, 5.74) is 9.06. The number of aryl methyl sites for hydroxylation is 3. The molecule has 2 atom stereocenters. The monoisotopic (exact) mass is 544 g/mol. The number of benzene rings is 3. The molecule has 6 heteroatoms. The minimum atomic E-state index is -0.109. The van der Waals surface area contributed by atoms with Crippen molar-refractivity contribution in [1.82, 2.24) is 14.9 Å². The molecule has 1 aliphatic rings. The van der Waals surface area contributed by atoms with E-state index in [2.05, 4.69) is 84.1 Å². The maximum absolute atomic E-state index is 6.17. The summed E-state index contributed by atoms with van der Waals surface area (Å²) in [7, 11) is 0. The first-order chi connectivity index (χ1) is 19.4. The molecule has 0 spiro atoms. The normalized spacial score (nSPS) is 16.7. The Labute approximate surface area is 241 Å². The van der Waals surface area contributed by atoms with Gasteiger partial charge in [-0.15, -0.1) is 0 Å². The van der Waals surface area contributed by atoms with Crippen LogP contribution in [-0.4, -0.2) is 14.7 Å². The van der Waals surface area contributed by atoms with Crippen molar-refractivity contribution in [2.24, 2.45) is 0 Å². The van der Waals surface area contributed by atoms with Crippen LogP contribution < -0.4 is 15.0 Å². The van der Waals surface area contributed by atoms with Crippen LogP contribution in [0.1, 0.15) is 45.9 Å². The Morgan fingerprint density at radius 1 is 0.800 bits per heavy atom. The van der Waals surface area contributed by atoms with E-state index in [1.165, 1.54) is 28.2 Å². The highest BCUT2D eigenvalue weighted by Gasteiger charge is 2.42. The number of hydrogen-bond acceptors (Lipinski definition) is 3. The molecular weight excluding hydrogens is 512 g/mol. The molecule has 40 heavy (non-hydrogen) atoms. The van der Waals surface area contributed by atoms with Crippen molar-refractivity contribution in [3.8, 4) is 17.2 Å².